The quantitative estimate of drug-likeness (QED) is 0.769. The van der Waals surface area contributed by atoms with E-state index < -0.39 is 11.6 Å². The maximum absolute atomic E-state index is 12.1. The number of carbonyl (C=O) groups excluding carboxylic acids is 2. The molecule has 1 fully saturated rings. The van der Waals surface area contributed by atoms with E-state index in [1.54, 1.807) is 4.90 Å². The minimum atomic E-state index is -0.488. The van der Waals surface area contributed by atoms with Crippen LogP contribution < -0.4 is 4.90 Å². The molecule has 1 aliphatic rings. The summed E-state index contributed by atoms with van der Waals surface area (Å²) >= 11 is 1.32. The zero-order chi connectivity index (χ0) is 17.2. The van der Waals surface area contributed by atoms with Crippen LogP contribution in [-0.2, 0) is 9.47 Å². The minimum absolute atomic E-state index is 0.284. The van der Waals surface area contributed by atoms with Gasteiger partial charge in [-0.05, 0) is 27.7 Å². The molecule has 0 aromatic carbocycles. The Kier molecular flexibility index (Phi) is 5.13. The Balaban J connectivity index is 1.98. The van der Waals surface area contributed by atoms with Gasteiger partial charge in [0.2, 0.25) is 5.01 Å². The highest BCUT2D eigenvalue weighted by Gasteiger charge is 2.28. The first-order chi connectivity index (χ1) is 10.7. The molecule has 2 heterocycles. The van der Waals surface area contributed by atoms with E-state index in [0.29, 0.717) is 31.2 Å². The molecule has 1 aromatic rings. The first-order valence-corrected chi connectivity index (χ1v) is 8.31. The molecule has 1 amide bonds. The van der Waals surface area contributed by atoms with Gasteiger partial charge >= 0.3 is 12.1 Å². The molecule has 1 saturated heterocycles. The SMILES string of the molecule is COC(=O)c1nc(C)c(N2CCN(C(=O)OC(C)(C)C)CC2)s1. The van der Waals surface area contributed by atoms with Gasteiger partial charge in [0, 0.05) is 26.2 Å². The highest BCUT2D eigenvalue weighted by molar-refractivity contribution is 7.17. The van der Waals surface area contributed by atoms with E-state index in [1.807, 2.05) is 27.7 Å². The number of hydrogen-bond donors (Lipinski definition) is 0. The molecule has 0 saturated carbocycles. The fourth-order valence-electron chi connectivity index (χ4n) is 2.27. The largest absolute Gasteiger partial charge is 0.464 e. The van der Waals surface area contributed by atoms with Crippen molar-refractivity contribution in [3.63, 3.8) is 0 Å². The van der Waals surface area contributed by atoms with Gasteiger partial charge in [-0.3, -0.25) is 0 Å². The van der Waals surface area contributed by atoms with Gasteiger partial charge in [-0.1, -0.05) is 11.3 Å². The smallest absolute Gasteiger partial charge is 0.410 e. The molecule has 0 N–H and O–H groups in total. The minimum Gasteiger partial charge on any atom is -0.464 e. The van der Waals surface area contributed by atoms with E-state index in [-0.39, 0.29) is 6.09 Å². The third-order valence-corrected chi connectivity index (χ3v) is 4.55. The Bertz CT molecular complexity index is 586. The van der Waals surface area contributed by atoms with Crippen LogP contribution in [0.25, 0.3) is 0 Å². The first kappa shape index (κ1) is 17.5. The van der Waals surface area contributed by atoms with Crippen molar-refractivity contribution in [2.75, 3.05) is 38.2 Å². The van der Waals surface area contributed by atoms with Crippen LogP contribution in [0.4, 0.5) is 9.80 Å². The summed E-state index contributed by atoms with van der Waals surface area (Å²) in [4.78, 5) is 31.7. The Labute approximate surface area is 140 Å². The van der Waals surface area contributed by atoms with Crippen LogP contribution in [0, 0.1) is 6.92 Å². The Hall–Kier alpha value is -1.83. The summed E-state index contributed by atoms with van der Waals surface area (Å²) in [6, 6.07) is 0. The predicted octanol–water partition coefficient (Wildman–Crippen LogP) is 2.30. The maximum atomic E-state index is 12.1. The van der Waals surface area contributed by atoms with E-state index in [9.17, 15) is 9.59 Å². The van der Waals surface area contributed by atoms with Gasteiger partial charge in [-0.2, -0.15) is 0 Å². The number of methoxy groups -OCH3 is 1. The van der Waals surface area contributed by atoms with Gasteiger partial charge in [0.1, 0.15) is 10.6 Å². The molecule has 0 spiro atoms. The number of piperazine rings is 1. The van der Waals surface area contributed by atoms with Gasteiger partial charge < -0.3 is 19.3 Å². The number of ether oxygens (including phenoxy) is 2. The predicted molar refractivity (Wildman–Crippen MR) is 88.2 cm³/mol. The average Bonchev–Trinajstić information content (AvgIpc) is 2.87. The van der Waals surface area contributed by atoms with E-state index in [2.05, 4.69) is 9.88 Å². The number of anilines is 1. The lowest BCUT2D eigenvalue weighted by Gasteiger charge is -2.36. The van der Waals surface area contributed by atoms with Crippen LogP contribution >= 0.6 is 11.3 Å². The number of nitrogens with zero attached hydrogens (tertiary/aromatic N) is 3. The number of esters is 1. The number of aromatic nitrogens is 1. The molecule has 2 rings (SSSR count). The van der Waals surface area contributed by atoms with Crippen LogP contribution in [0.1, 0.15) is 36.3 Å². The topological polar surface area (TPSA) is 72.0 Å². The number of rotatable bonds is 2. The molecule has 23 heavy (non-hydrogen) atoms. The zero-order valence-electron chi connectivity index (χ0n) is 14.2. The third-order valence-electron chi connectivity index (χ3n) is 3.35. The molecule has 0 radical (unpaired) electrons. The van der Waals surface area contributed by atoms with Crippen molar-refractivity contribution in [1.29, 1.82) is 0 Å². The molecule has 0 atom stereocenters. The Morgan fingerprint density at radius 2 is 1.78 bits per heavy atom. The van der Waals surface area contributed by atoms with Gasteiger partial charge in [0.25, 0.3) is 0 Å². The fraction of sp³-hybridized carbons (Fsp3) is 0.667. The fourth-order valence-corrected chi connectivity index (χ4v) is 3.31. The maximum Gasteiger partial charge on any atom is 0.410 e. The van der Waals surface area contributed by atoms with Crippen LogP contribution in [-0.4, -0.2) is 60.8 Å². The van der Waals surface area contributed by atoms with Crippen molar-refractivity contribution in [3.05, 3.63) is 10.7 Å². The summed E-state index contributed by atoms with van der Waals surface area (Å²) in [6.07, 6.45) is -0.284. The number of amides is 1. The Morgan fingerprint density at radius 1 is 1.17 bits per heavy atom. The van der Waals surface area contributed by atoms with E-state index >= 15 is 0 Å². The van der Waals surface area contributed by atoms with Crippen molar-refractivity contribution in [2.24, 2.45) is 0 Å². The lowest BCUT2D eigenvalue weighted by molar-refractivity contribution is 0.0240. The summed E-state index contributed by atoms with van der Waals surface area (Å²) in [7, 11) is 1.35. The average molecular weight is 341 g/mol. The van der Waals surface area contributed by atoms with Gasteiger partial charge in [-0.15, -0.1) is 0 Å². The van der Waals surface area contributed by atoms with Crippen molar-refractivity contribution >= 4 is 28.4 Å². The third kappa shape index (κ3) is 4.34. The summed E-state index contributed by atoms with van der Waals surface area (Å²) in [5.74, 6) is -0.420. The number of thiazole rings is 1. The van der Waals surface area contributed by atoms with E-state index in [0.717, 1.165) is 10.7 Å². The summed E-state index contributed by atoms with van der Waals surface area (Å²) < 4.78 is 10.1. The second kappa shape index (κ2) is 6.74. The first-order valence-electron chi connectivity index (χ1n) is 7.50. The molecule has 0 bridgehead atoms. The van der Waals surface area contributed by atoms with Gasteiger partial charge in [-0.25, -0.2) is 14.6 Å². The molecular weight excluding hydrogens is 318 g/mol. The van der Waals surface area contributed by atoms with Gasteiger partial charge in [0.05, 0.1) is 12.8 Å². The molecule has 1 aromatic heterocycles. The number of aryl methyl sites for hydroxylation is 1. The molecule has 0 aliphatic carbocycles. The molecule has 128 valence electrons. The summed E-state index contributed by atoms with van der Waals surface area (Å²) in [5, 5.41) is 1.31. The Morgan fingerprint density at radius 3 is 2.30 bits per heavy atom. The molecule has 0 unspecified atom stereocenters. The van der Waals surface area contributed by atoms with Crippen LogP contribution in [0.3, 0.4) is 0 Å². The summed E-state index contributed by atoms with van der Waals surface area (Å²) in [5.41, 5.74) is 0.318. The van der Waals surface area contributed by atoms with E-state index in [4.69, 9.17) is 9.47 Å². The molecular formula is C15H23N3O4S. The second-order valence-corrected chi connectivity index (χ2v) is 7.33. The normalized spacial score (nSPS) is 15.5. The van der Waals surface area contributed by atoms with Gasteiger partial charge in [0.15, 0.2) is 0 Å². The van der Waals surface area contributed by atoms with Crippen LogP contribution in [0.5, 0.6) is 0 Å². The monoisotopic (exact) mass is 341 g/mol. The lowest BCUT2D eigenvalue weighted by atomic mass is 10.2. The lowest BCUT2D eigenvalue weighted by Crippen LogP contribution is -2.50. The molecule has 8 heteroatoms. The number of hydrogen-bond acceptors (Lipinski definition) is 7. The number of carbonyl (C=O) groups is 2. The highest BCUT2D eigenvalue weighted by Crippen LogP contribution is 2.29. The second-order valence-electron chi connectivity index (χ2n) is 6.36. The summed E-state index contributed by atoms with van der Waals surface area (Å²) in [6.45, 7) is 9.98. The molecule has 1 aliphatic heterocycles. The van der Waals surface area contributed by atoms with Crippen LogP contribution in [0.2, 0.25) is 0 Å². The van der Waals surface area contributed by atoms with Crippen LogP contribution in [0.15, 0.2) is 0 Å². The van der Waals surface area contributed by atoms with E-state index in [1.165, 1.54) is 18.4 Å². The van der Waals surface area contributed by atoms with Crippen molar-refractivity contribution < 1.29 is 19.1 Å². The van der Waals surface area contributed by atoms with Crippen molar-refractivity contribution in [3.8, 4) is 0 Å². The zero-order valence-corrected chi connectivity index (χ0v) is 15.0. The standard InChI is InChI=1S/C15H23N3O4S/c1-10-12(23-11(16-10)13(19)21-5)17-6-8-18(9-7-17)14(20)22-15(2,3)4/h6-9H2,1-5H3. The molecule has 7 nitrogen and oxygen atoms in total. The highest BCUT2D eigenvalue weighted by atomic mass is 32.1. The van der Waals surface area contributed by atoms with Crippen molar-refractivity contribution in [1.82, 2.24) is 9.88 Å². The van der Waals surface area contributed by atoms with Crippen molar-refractivity contribution in [2.45, 2.75) is 33.3 Å².